The summed E-state index contributed by atoms with van der Waals surface area (Å²) in [5.74, 6) is 0.259. The Morgan fingerprint density at radius 3 is 2.61 bits per heavy atom. The fourth-order valence-corrected chi connectivity index (χ4v) is 2.53. The van der Waals surface area contributed by atoms with Crippen LogP contribution in [0.3, 0.4) is 0 Å². The first-order valence-corrected chi connectivity index (χ1v) is 7.73. The Hall–Kier alpha value is -2.07. The van der Waals surface area contributed by atoms with Crippen molar-refractivity contribution in [1.29, 1.82) is 0 Å². The lowest BCUT2D eigenvalue weighted by molar-refractivity contribution is -0.118. The molecule has 0 spiro atoms. The van der Waals surface area contributed by atoms with Crippen LogP contribution in [0.2, 0.25) is 5.02 Å². The molecule has 2 rings (SSSR count). The van der Waals surface area contributed by atoms with Crippen molar-refractivity contribution in [2.45, 2.75) is 26.7 Å². The van der Waals surface area contributed by atoms with Crippen molar-refractivity contribution in [2.75, 3.05) is 11.9 Å². The highest BCUT2D eigenvalue weighted by molar-refractivity contribution is 6.33. The van der Waals surface area contributed by atoms with Gasteiger partial charge in [0.25, 0.3) is 5.91 Å². The molecule has 2 aromatic rings. The van der Waals surface area contributed by atoms with Crippen molar-refractivity contribution < 1.29 is 13.9 Å². The number of carbonyl (C=O) groups excluding carboxylic acids is 1. The fraction of sp³-hybridized carbons (Fsp3) is 0.278. The van der Waals surface area contributed by atoms with Gasteiger partial charge in [-0.05, 0) is 54.3 Å². The van der Waals surface area contributed by atoms with Crippen molar-refractivity contribution in [3.05, 3.63) is 58.4 Å². The standard InChI is InChI=1S/C18H19ClFNO2/c1-11(2)15-6-5-14(8-12(15)3)23-10-18(22)21-17-7-4-13(20)9-16(17)19/h4-9,11H,10H2,1-3H3,(H,21,22). The predicted molar refractivity (Wildman–Crippen MR) is 90.8 cm³/mol. The molecule has 0 aliphatic rings. The van der Waals surface area contributed by atoms with Crippen LogP contribution in [-0.4, -0.2) is 12.5 Å². The van der Waals surface area contributed by atoms with Gasteiger partial charge in [0.15, 0.2) is 6.61 Å². The minimum atomic E-state index is -0.454. The van der Waals surface area contributed by atoms with Crippen LogP contribution in [0.5, 0.6) is 5.75 Å². The quantitative estimate of drug-likeness (QED) is 0.841. The van der Waals surface area contributed by atoms with E-state index in [-0.39, 0.29) is 17.5 Å². The summed E-state index contributed by atoms with van der Waals surface area (Å²) in [5, 5.41) is 2.74. The highest BCUT2D eigenvalue weighted by atomic mass is 35.5. The summed E-state index contributed by atoms with van der Waals surface area (Å²) in [6, 6.07) is 9.55. The largest absolute Gasteiger partial charge is 0.484 e. The second kappa shape index (κ2) is 7.47. The minimum absolute atomic E-state index is 0.145. The average Bonchev–Trinajstić information content (AvgIpc) is 2.48. The summed E-state index contributed by atoms with van der Waals surface area (Å²) in [7, 11) is 0. The van der Waals surface area contributed by atoms with Gasteiger partial charge in [-0.2, -0.15) is 0 Å². The maximum absolute atomic E-state index is 13.0. The van der Waals surface area contributed by atoms with Crippen LogP contribution in [0, 0.1) is 12.7 Å². The molecule has 0 aliphatic heterocycles. The van der Waals surface area contributed by atoms with Gasteiger partial charge in [-0.3, -0.25) is 4.79 Å². The van der Waals surface area contributed by atoms with E-state index in [0.29, 0.717) is 17.4 Å². The van der Waals surface area contributed by atoms with Gasteiger partial charge in [-0.15, -0.1) is 0 Å². The van der Waals surface area contributed by atoms with E-state index < -0.39 is 5.82 Å². The van der Waals surface area contributed by atoms with Crippen LogP contribution in [0.4, 0.5) is 10.1 Å². The van der Waals surface area contributed by atoms with Crippen LogP contribution in [-0.2, 0) is 4.79 Å². The Kier molecular flexibility index (Phi) is 5.61. The molecule has 3 nitrogen and oxygen atoms in total. The van der Waals surface area contributed by atoms with Gasteiger partial charge in [0, 0.05) is 0 Å². The van der Waals surface area contributed by atoms with Gasteiger partial charge in [0.2, 0.25) is 0 Å². The van der Waals surface area contributed by atoms with Gasteiger partial charge >= 0.3 is 0 Å². The monoisotopic (exact) mass is 335 g/mol. The number of ether oxygens (including phenoxy) is 1. The molecule has 0 saturated carbocycles. The van der Waals surface area contributed by atoms with Crippen LogP contribution < -0.4 is 10.1 Å². The maximum Gasteiger partial charge on any atom is 0.262 e. The third-order valence-corrected chi connectivity index (χ3v) is 3.75. The fourth-order valence-electron chi connectivity index (χ4n) is 2.31. The SMILES string of the molecule is Cc1cc(OCC(=O)Nc2ccc(F)cc2Cl)ccc1C(C)C. The molecular weight excluding hydrogens is 317 g/mol. The third-order valence-electron chi connectivity index (χ3n) is 3.44. The number of aryl methyl sites for hydroxylation is 1. The number of hydrogen-bond acceptors (Lipinski definition) is 2. The lowest BCUT2D eigenvalue weighted by Crippen LogP contribution is -2.20. The number of anilines is 1. The van der Waals surface area contributed by atoms with Gasteiger partial charge in [-0.1, -0.05) is 31.5 Å². The lowest BCUT2D eigenvalue weighted by atomic mass is 9.98. The van der Waals surface area contributed by atoms with Crippen LogP contribution >= 0.6 is 11.6 Å². The van der Waals surface area contributed by atoms with Gasteiger partial charge in [0.05, 0.1) is 10.7 Å². The zero-order valence-corrected chi connectivity index (χ0v) is 14.1. The second-order valence-corrected chi connectivity index (χ2v) is 6.04. The molecule has 23 heavy (non-hydrogen) atoms. The molecule has 0 bridgehead atoms. The molecule has 0 unspecified atom stereocenters. The zero-order chi connectivity index (χ0) is 17.0. The molecule has 1 amide bonds. The Morgan fingerprint density at radius 2 is 2.00 bits per heavy atom. The Balaban J connectivity index is 1.95. The van der Waals surface area contributed by atoms with Crippen molar-refractivity contribution in [3.8, 4) is 5.75 Å². The van der Waals surface area contributed by atoms with Crippen LogP contribution in [0.15, 0.2) is 36.4 Å². The number of benzene rings is 2. The predicted octanol–water partition coefficient (Wildman–Crippen LogP) is 4.93. The van der Waals surface area contributed by atoms with E-state index in [2.05, 4.69) is 19.2 Å². The molecule has 5 heteroatoms. The second-order valence-electron chi connectivity index (χ2n) is 5.63. The topological polar surface area (TPSA) is 38.3 Å². The number of halogens is 2. The van der Waals surface area contributed by atoms with Gasteiger partial charge in [-0.25, -0.2) is 4.39 Å². The number of hydrogen-bond donors (Lipinski definition) is 1. The van der Waals surface area contributed by atoms with Crippen LogP contribution in [0.1, 0.15) is 30.9 Å². The zero-order valence-electron chi connectivity index (χ0n) is 13.3. The molecule has 0 radical (unpaired) electrons. The van der Waals surface area contributed by atoms with Crippen molar-refractivity contribution in [3.63, 3.8) is 0 Å². The summed E-state index contributed by atoms with van der Waals surface area (Å²) in [5.41, 5.74) is 2.73. The van der Waals surface area contributed by atoms with E-state index in [4.69, 9.17) is 16.3 Å². The van der Waals surface area contributed by atoms with E-state index >= 15 is 0 Å². The highest BCUT2D eigenvalue weighted by Crippen LogP contribution is 2.24. The Labute approximate surface area is 140 Å². The summed E-state index contributed by atoms with van der Waals surface area (Å²) < 4.78 is 18.4. The highest BCUT2D eigenvalue weighted by Gasteiger charge is 2.09. The lowest BCUT2D eigenvalue weighted by Gasteiger charge is -2.13. The molecule has 0 fully saturated rings. The number of rotatable bonds is 5. The molecule has 0 heterocycles. The van der Waals surface area contributed by atoms with Crippen molar-refractivity contribution in [2.24, 2.45) is 0 Å². The molecule has 0 saturated heterocycles. The first-order chi connectivity index (χ1) is 10.9. The molecule has 122 valence electrons. The first-order valence-electron chi connectivity index (χ1n) is 7.35. The van der Waals surface area contributed by atoms with Gasteiger partial charge < -0.3 is 10.1 Å². The summed E-state index contributed by atoms with van der Waals surface area (Å²) in [6.45, 7) is 6.13. The van der Waals surface area contributed by atoms with E-state index in [1.54, 1.807) is 0 Å². The van der Waals surface area contributed by atoms with E-state index in [0.717, 1.165) is 11.6 Å². The summed E-state index contributed by atoms with van der Waals surface area (Å²) >= 11 is 5.86. The summed E-state index contributed by atoms with van der Waals surface area (Å²) in [6.07, 6.45) is 0. The smallest absolute Gasteiger partial charge is 0.262 e. The minimum Gasteiger partial charge on any atom is -0.484 e. The number of carbonyl (C=O) groups is 1. The number of amides is 1. The molecular formula is C18H19ClFNO2. The van der Waals surface area contributed by atoms with E-state index in [1.165, 1.54) is 17.7 Å². The van der Waals surface area contributed by atoms with Crippen LogP contribution in [0.25, 0.3) is 0 Å². The first kappa shape index (κ1) is 17.3. The van der Waals surface area contributed by atoms with E-state index in [9.17, 15) is 9.18 Å². The molecule has 0 atom stereocenters. The van der Waals surface area contributed by atoms with Crippen molar-refractivity contribution in [1.82, 2.24) is 0 Å². The average molecular weight is 336 g/mol. The van der Waals surface area contributed by atoms with Crippen molar-refractivity contribution >= 4 is 23.2 Å². The Bertz CT molecular complexity index is 716. The molecule has 0 aromatic heterocycles. The Morgan fingerprint density at radius 1 is 1.26 bits per heavy atom. The normalized spacial score (nSPS) is 10.7. The summed E-state index contributed by atoms with van der Waals surface area (Å²) in [4.78, 5) is 11.9. The third kappa shape index (κ3) is 4.70. The number of nitrogens with one attached hydrogen (secondary N) is 1. The van der Waals surface area contributed by atoms with Gasteiger partial charge in [0.1, 0.15) is 11.6 Å². The molecule has 2 aromatic carbocycles. The molecule has 1 N–H and O–H groups in total. The maximum atomic E-state index is 13.0. The van der Waals surface area contributed by atoms with E-state index in [1.807, 2.05) is 25.1 Å². The molecule has 0 aliphatic carbocycles.